The first-order valence-corrected chi connectivity index (χ1v) is 8.09. The molecule has 2 aromatic heterocycles. The van der Waals surface area contributed by atoms with E-state index in [9.17, 15) is 0 Å². The smallest absolute Gasteiger partial charge is 0.154 e. The van der Waals surface area contributed by atoms with Gasteiger partial charge in [0.05, 0.1) is 0 Å². The van der Waals surface area contributed by atoms with Crippen molar-refractivity contribution in [2.75, 3.05) is 0 Å². The van der Waals surface area contributed by atoms with Crippen LogP contribution in [0.5, 0.6) is 0 Å². The van der Waals surface area contributed by atoms with Crippen molar-refractivity contribution in [1.82, 2.24) is 9.97 Å². The fraction of sp³-hybridized carbons (Fsp3) is 0.350. The Bertz CT molecular complexity index is 729. The van der Waals surface area contributed by atoms with E-state index in [-0.39, 0.29) is 0 Å². The average Bonchev–Trinajstić information content (AvgIpc) is 2.91. The minimum atomic E-state index is 0.721. The number of nitrogens with one attached hydrogen (secondary N) is 1. The number of aromatic nitrogens is 2. The highest BCUT2D eigenvalue weighted by molar-refractivity contribution is 5.83. The van der Waals surface area contributed by atoms with Gasteiger partial charge in [-0.2, -0.15) is 0 Å². The molecule has 2 heterocycles. The molecule has 128 valence electrons. The predicted octanol–water partition coefficient (Wildman–Crippen LogP) is 6.13. The maximum absolute atomic E-state index is 4.42. The zero-order valence-electron chi connectivity index (χ0n) is 15.6. The van der Waals surface area contributed by atoms with Gasteiger partial charge in [0.15, 0.2) is 5.82 Å². The summed E-state index contributed by atoms with van der Waals surface area (Å²) < 4.78 is 0. The molecule has 0 aliphatic heterocycles. The van der Waals surface area contributed by atoms with Crippen molar-refractivity contribution in [2.24, 2.45) is 15.9 Å². The number of nitrogens with zero attached hydrogens (tertiary/aromatic N) is 3. The summed E-state index contributed by atoms with van der Waals surface area (Å²) in [5.74, 6) is 2.31. The molecule has 4 heteroatoms. The van der Waals surface area contributed by atoms with Crippen molar-refractivity contribution < 1.29 is 0 Å². The van der Waals surface area contributed by atoms with Crippen LogP contribution < -0.4 is 0 Å². The molecule has 0 saturated heterocycles. The fourth-order valence-corrected chi connectivity index (χ4v) is 2.04. The topological polar surface area (TPSA) is 53.4 Å². The largest absolute Gasteiger partial charge is 0.346 e. The number of aryl methyl sites for hydroxylation is 1. The maximum Gasteiger partial charge on any atom is 0.154 e. The molecule has 0 aromatic carbocycles. The third-order valence-corrected chi connectivity index (χ3v) is 2.95. The van der Waals surface area contributed by atoms with Crippen LogP contribution in [-0.4, -0.2) is 22.4 Å². The van der Waals surface area contributed by atoms with E-state index in [0.29, 0.717) is 0 Å². The summed E-state index contributed by atoms with van der Waals surface area (Å²) in [6, 6.07) is 2.07. The molecule has 0 atom stereocenters. The molecule has 0 aliphatic carbocycles. The lowest BCUT2D eigenvalue weighted by Crippen LogP contribution is -1.87. The van der Waals surface area contributed by atoms with Crippen LogP contribution in [0, 0.1) is 12.8 Å². The van der Waals surface area contributed by atoms with Crippen molar-refractivity contribution >= 4 is 30.1 Å². The van der Waals surface area contributed by atoms with E-state index in [4.69, 9.17) is 0 Å². The number of hydrogen-bond acceptors (Lipinski definition) is 3. The molecule has 0 spiro atoms. The molecule has 0 saturated carbocycles. The second-order valence-corrected chi connectivity index (χ2v) is 6.48. The van der Waals surface area contributed by atoms with Crippen LogP contribution in [0.15, 0.2) is 35.0 Å². The number of aliphatic imine (C=N–C) groups is 2. The molecular weight excluding hydrogens is 296 g/mol. The average molecular weight is 324 g/mol. The number of pyridine rings is 1. The Hall–Kier alpha value is -2.49. The Morgan fingerprint density at radius 3 is 2.38 bits per heavy atom. The molecule has 0 aliphatic rings. The van der Waals surface area contributed by atoms with Crippen molar-refractivity contribution in [1.29, 1.82) is 0 Å². The lowest BCUT2D eigenvalue weighted by Gasteiger charge is -2.05. The molecule has 0 fully saturated rings. The van der Waals surface area contributed by atoms with E-state index in [1.54, 1.807) is 6.08 Å². The molecule has 2 rings (SSSR count). The molecular formula is C20H28N4. The fourth-order valence-electron chi connectivity index (χ4n) is 2.04. The summed E-state index contributed by atoms with van der Waals surface area (Å²) in [7, 11) is 0. The third kappa shape index (κ3) is 5.30. The van der Waals surface area contributed by atoms with E-state index in [0.717, 1.165) is 45.5 Å². The number of aromatic amines is 1. The van der Waals surface area contributed by atoms with Gasteiger partial charge in [-0.15, -0.1) is 0 Å². The summed E-state index contributed by atoms with van der Waals surface area (Å²) in [6.45, 7) is 19.8. The van der Waals surface area contributed by atoms with Crippen molar-refractivity contribution in [3.8, 4) is 11.1 Å². The Morgan fingerprint density at radius 2 is 1.92 bits per heavy atom. The van der Waals surface area contributed by atoms with Gasteiger partial charge in [0.25, 0.3) is 0 Å². The number of hydrogen-bond donors (Lipinski definition) is 1. The van der Waals surface area contributed by atoms with E-state index < -0.39 is 0 Å². The second kappa shape index (κ2) is 8.96. The summed E-state index contributed by atoms with van der Waals surface area (Å²) in [5, 5.41) is 0. The van der Waals surface area contributed by atoms with Crippen LogP contribution in [-0.2, 0) is 0 Å². The van der Waals surface area contributed by atoms with Crippen LogP contribution in [0.1, 0.15) is 45.7 Å². The van der Waals surface area contributed by atoms with Gasteiger partial charge in [-0.25, -0.2) is 15.0 Å². The summed E-state index contributed by atoms with van der Waals surface area (Å²) in [6.07, 6.45) is 5.48. The molecule has 0 bridgehead atoms. The van der Waals surface area contributed by atoms with Crippen LogP contribution in [0.2, 0.25) is 0 Å². The zero-order chi connectivity index (χ0) is 18.3. The van der Waals surface area contributed by atoms with E-state index in [1.807, 2.05) is 33.2 Å². The van der Waals surface area contributed by atoms with Crippen molar-refractivity contribution in [3.63, 3.8) is 0 Å². The first-order chi connectivity index (χ1) is 11.3. The Labute approximate surface area is 145 Å². The van der Waals surface area contributed by atoms with Crippen LogP contribution in [0.4, 0.5) is 11.6 Å². The predicted molar refractivity (Wildman–Crippen MR) is 107 cm³/mol. The Kier molecular flexibility index (Phi) is 7.31. The van der Waals surface area contributed by atoms with Gasteiger partial charge in [0.1, 0.15) is 5.82 Å². The minimum absolute atomic E-state index is 0.721. The first-order valence-electron chi connectivity index (χ1n) is 8.09. The molecule has 0 amide bonds. The quantitative estimate of drug-likeness (QED) is 0.675. The van der Waals surface area contributed by atoms with E-state index >= 15 is 0 Å². The third-order valence-electron chi connectivity index (χ3n) is 2.95. The SMILES string of the molecule is C=Cc1c(-c2cnc(N=C(C)C)c(C)c2)c[nH]c1N=C.CC(C)C. The molecule has 0 unspecified atom stereocenters. The van der Waals surface area contributed by atoms with E-state index in [1.165, 1.54) is 0 Å². The lowest BCUT2D eigenvalue weighted by molar-refractivity contribution is 0.737. The molecule has 2 aromatic rings. The summed E-state index contributed by atoms with van der Waals surface area (Å²) in [5.41, 5.74) is 4.98. The highest BCUT2D eigenvalue weighted by Gasteiger charge is 2.11. The standard InChI is InChI=1S/C16H18N4.C4H10/c1-6-13-14(9-19-16(13)17-5)12-7-11(4)15(18-8-12)20-10(2)3;1-4(2)3/h6-9,19H,1,5H2,2-4H3;4H,1-3H3. The molecule has 1 N–H and O–H groups in total. The van der Waals surface area contributed by atoms with Crippen molar-refractivity contribution in [3.05, 3.63) is 36.2 Å². The highest BCUT2D eigenvalue weighted by Crippen LogP contribution is 2.32. The molecule has 24 heavy (non-hydrogen) atoms. The van der Waals surface area contributed by atoms with Crippen LogP contribution in [0.3, 0.4) is 0 Å². The van der Waals surface area contributed by atoms with Gasteiger partial charge in [0, 0.05) is 34.8 Å². The second-order valence-electron chi connectivity index (χ2n) is 6.48. The van der Waals surface area contributed by atoms with E-state index in [2.05, 4.69) is 60.1 Å². The van der Waals surface area contributed by atoms with Gasteiger partial charge < -0.3 is 4.98 Å². The van der Waals surface area contributed by atoms with Gasteiger partial charge in [0.2, 0.25) is 0 Å². The lowest BCUT2D eigenvalue weighted by atomic mass is 10.0. The van der Waals surface area contributed by atoms with Gasteiger partial charge in [-0.1, -0.05) is 33.4 Å². The van der Waals surface area contributed by atoms with Crippen molar-refractivity contribution in [2.45, 2.75) is 41.5 Å². The zero-order valence-corrected chi connectivity index (χ0v) is 15.6. The normalized spacial score (nSPS) is 9.96. The summed E-state index contributed by atoms with van der Waals surface area (Å²) >= 11 is 0. The van der Waals surface area contributed by atoms with Crippen LogP contribution >= 0.6 is 0 Å². The first kappa shape index (κ1) is 19.6. The van der Waals surface area contributed by atoms with Gasteiger partial charge in [-0.05, 0) is 45.0 Å². The Morgan fingerprint density at radius 1 is 1.29 bits per heavy atom. The number of H-pyrrole nitrogens is 1. The minimum Gasteiger partial charge on any atom is -0.346 e. The van der Waals surface area contributed by atoms with Gasteiger partial charge >= 0.3 is 0 Å². The molecule has 0 radical (unpaired) electrons. The molecule has 4 nitrogen and oxygen atoms in total. The van der Waals surface area contributed by atoms with Crippen LogP contribution in [0.25, 0.3) is 17.2 Å². The maximum atomic E-state index is 4.42. The van der Waals surface area contributed by atoms with Gasteiger partial charge in [-0.3, -0.25) is 0 Å². The monoisotopic (exact) mass is 324 g/mol. The Balaban J connectivity index is 0.000000648. The number of rotatable bonds is 4. The highest BCUT2D eigenvalue weighted by atomic mass is 14.9. The summed E-state index contributed by atoms with van der Waals surface area (Å²) in [4.78, 5) is 15.9.